The smallest absolute Gasteiger partial charge is 0.222 e. The Hall–Kier alpha value is -16.2. The van der Waals surface area contributed by atoms with Gasteiger partial charge in [0.2, 0.25) is 11.6 Å². The molecule has 35 heteroatoms. The predicted molar refractivity (Wildman–Crippen MR) is 464 cm³/mol. The van der Waals surface area contributed by atoms with Gasteiger partial charge in [0.1, 0.15) is 76.1 Å². The summed E-state index contributed by atoms with van der Waals surface area (Å²) in [5, 5.41) is 78.0. The lowest BCUT2D eigenvalue weighted by molar-refractivity contribution is 0.272. The maximum absolute atomic E-state index is 14.6. The first-order chi connectivity index (χ1) is 61.0. The predicted octanol–water partition coefficient (Wildman–Crippen LogP) is 19.6. The zero-order chi connectivity index (χ0) is 88.5. The molecule has 126 heavy (non-hydrogen) atoms. The van der Waals surface area contributed by atoms with Crippen molar-refractivity contribution in [3.63, 3.8) is 0 Å². The minimum absolute atomic E-state index is 0.0414. The number of benzene rings is 10. The Balaban J connectivity index is 0.000000128. The zero-order valence-corrected chi connectivity index (χ0v) is 66.9. The number of hydrogen-bond acceptors (Lipinski definition) is 16. The monoisotopic (exact) mass is 1710 g/mol. The maximum atomic E-state index is 14.6. The van der Waals surface area contributed by atoms with Crippen molar-refractivity contribution in [3.8, 4) is 34.2 Å². The number of aliphatic hydroxyl groups excluding tert-OH is 1. The van der Waals surface area contributed by atoms with Crippen molar-refractivity contribution in [2.75, 3.05) is 27.7 Å². The molecule has 25 nitrogen and oxygen atoms in total. The van der Waals surface area contributed by atoms with Crippen LogP contribution in [0, 0.1) is 70.2 Å². The minimum atomic E-state index is -0.574. The summed E-state index contributed by atoms with van der Waals surface area (Å²) in [6.45, 7) is 9.80. The zero-order valence-electron chi connectivity index (χ0n) is 66.9. The number of nitrogens with zero attached hydrogens (tertiary/aromatic N) is 13. The van der Waals surface area contributed by atoms with E-state index >= 15 is 0 Å². The second-order valence-corrected chi connectivity index (χ2v) is 28.0. The summed E-state index contributed by atoms with van der Waals surface area (Å²) < 4.78 is 142. The summed E-state index contributed by atoms with van der Waals surface area (Å²) in [7, 11) is 5.62. The van der Waals surface area contributed by atoms with Crippen LogP contribution in [-0.2, 0) is 24.4 Å². The highest BCUT2D eigenvalue weighted by atomic mass is 19.2. The number of aromatic amines is 8. The highest BCUT2D eigenvalue weighted by molar-refractivity contribution is 6.00. The summed E-state index contributed by atoms with van der Waals surface area (Å²) in [6, 6.07) is 45.2. The van der Waals surface area contributed by atoms with Crippen LogP contribution in [0.1, 0.15) is 86.2 Å². The number of H-pyrrole nitrogens is 8. The molecule has 0 atom stereocenters. The van der Waals surface area contributed by atoms with Crippen molar-refractivity contribution < 1.29 is 53.7 Å². The van der Waals surface area contributed by atoms with Crippen LogP contribution in [0.2, 0.25) is 0 Å². The molecule has 0 spiro atoms. The van der Waals surface area contributed by atoms with Crippen LogP contribution >= 0.6 is 0 Å². The van der Waals surface area contributed by atoms with Gasteiger partial charge in [-0.05, 0) is 189 Å². The lowest BCUT2D eigenvalue weighted by Gasteiger charge is -2.05. The third-order valence-electron chi connectivity index (χ3n) is 18.8. The summed E-state index contributed by atoms with van der Waals surface area (Å²) in [4.78, 5) is 17.8. The number of aliphatic hydroxyl groups is 1. The lowest BCUT2D eigenvalue weighted by Crippen LogP contribution is -2.11. The number of ether oxygens (including phenoxy) is 1. The van der Waals surface area contributed by atoms with E-state index in [0.29, 0.717) is 120 Å². The Bertz CT molecular complexity index is 7150. The van der Waals surface area contributed by atoms with Gasteiger partial charge in [0, 0.05) is 50.7 Å². The average molecular weight is 1710 g/mol. The Morgan fingerprint density at radius 3 is 1.21 bits per heavy atom. The highest BCUT2D eigenvalue weighted by Gasteiger charge is 2.21. The Labute approximate surface area is 708 Å². The van der Waals surface area contributed by atoms with Crippen LogP contribution in [0.25, 0.3) is 154 Å². The van der Waals surface area contributed by atoms with E-state index in [1.54, 1.807) is 160 Å². The van der Waals surface area contributed by atoms with Gasteiger partial charge in [-0.25, -0.2) is 63.7 Å². The molecule has 0 fully saturated rings. The Morgan fingerprint density at radius 1 is 0.413 bits per heavy atom. The van der Waals surface area contributed by atoms with Gasteiger partial charge in [0.15, 0.2) is 29.1 Å². The minimum Gasteiger partial charge on any atom is -0.478 e. The van der Waals surface area contributed by atoms with E-state index in [1.807, 2.05) is 19.0 Å². The molecular weight excluding hydrogens is 1640 g/mol. The first kappa shape index (κ1) is 86.2. The van der Waals surface area contributed by atoms with Gasteiger partial charge < -0.3 is 20.1 Å². The van der Waals surface area contributed by atoms with E-state index in [0.717, 1.165) is 21.9 Å². The molecule has 0 bridgehead atoms. The van der Waals surface area contributed by atoms with Gasteiger partial charge in [-0.1, -0.05) is 91.0 Å². The van der Waals surface area contributed by atoms with E-state index in [1.165, 1.54) is 97.1 Å². The van der Waals surface area contributed by atoms with Crippen molar-refractivity contribution in [2.24, 2.45) is 0 Å². The molecular formula is C91H71F10N23O2. The Morgan fingerprint density at radius 2 is 0.810 bits per heavy atom. The molecule has 18 rings (SSSR count). The first-order valence-electron chi connectivity index (χ1n) is 38.3. The van der Waals surface area contributed by atoms with Gasteiger partial charge in [0.25, 0.3) is 0 Å². The normalized spacial score (nSPS) is 11.5. The van der Waals surface area contributed by atoms with Crippen molar-refractivity contribution >= 4 is 127 Å². The van der Waals surface area contributed by atoms with E-state index in [2.05, 4.69) is 107 Å². The maximum Gasteiger partial charge on any atom is 0.222 e. The number of fused-ring (bicyclic) bond motifs is 5. The molecule has 0 aliphatic carbocycles. The van der Waals surface area contributed by atoms with Crippen LogP contribution in [0.15, 0.2) is 182 Å². The van der Waals surface area contributed by atoms with Gasteiger partial charge in [-0.3, -0.25) is 46.2 Å². The van der Waals surface area contributed by atoms with Crippen molar-refractivity contribution in [3.05, 3.63) is 331 Å². The van der Waals surface area contributed by atoms with Gasteiger partial charge in [-0.15, -0.1) is 0 Å². The fourth-order valence-electron chi connectivity index (χ4n) is 12.7. The van der Waals surface area contributed by atoms with Gasteiger partial charge >= 0.3 is 0 Å². The largest absolute Gasteiger partial charge is 0.478 e. The van der Waals surface area contributed by atoms with Crippen LogP contribution in [0.5, 0.6) is 0 Å². The molecule has 10 aromatic carbocycles. The van der Waals surface area contributed by atoms with Crippen LogP contribution in [-0.4, -0.2) is 140 Å². The van der Waals surface area contributed by atoms with Crippen molar-refractivity contribution in [1.82, 2.24) is 107 Å². The third-order valence-corrected chi connectivity index (χ3v) is 18.8. The van der Waals surface area contributed by atoms with E-state index < -0.39 is 29.1 Å². The number of halogens is 10. The molecule has 632 valence electrons. The molecule has 0 saturated carbocycles. The quantitative estimate of drug-likeness (QED) is 0.0146. The third kappa shape index (κ3) is 21.2. The fraction of sp³-hybridized carbons (Fsp3) is 0.0879. The first-order valence-corrected chi connectivity index (χ1v) is 38.3. The molecule has 8 heterocycles. The van der Waals surface area contributed by atoms with Crippen LogP contribution < -0.4 is 5.32 Å². The summed E-state index contributed by atoms with van der Waals surface area (Å²) >= 11 is 0. The standard InChI is InChI=1S/C20H18F2N6.C19H16F2N6.C18H13F2N5O.C18H15F2N3O.C16H9F2N3/c1-28(2)11-19-23-20(27-26-19)14-9-15-17(24-25-18(15)10-16(14)22)7-6-12-4-3-5-13(21)8-12;1-22-10-18-23-19(27-26-18)13-8-14-16(24-25-17(14)9-15(13)21)6-5-11-3-2-4-12(20)7-11;19-11-3-1-2-10(6-11)4-5-15-13-7-12(14(20)8-16(13)23-22-15)18-21-17(9-26)24-25-18;1-2-24-18(21)12-9-14-16(22-23-17(14)15(20)10-12)8-5-11-3-6-13(19)7-4-11;1-19-16-8-12-14(20-21-15(12)9-13(16)18)7-4-10-2-5-11(17)6-3-10/h3-10H,11H2,1-2H3,(H,24,25)(H,23,26,27);2-9,22H,10H2,1H3,(H,24,25)(H,23,26,27);1-8,26H,9H2,(H,22,23)(H,21,24,25);3-10,21H,2H2,1H3,(H,22,23);2-9H,(H,20,21)/b7-6+;6-5+;5-4+;8-5+,21-18?;7-4+. The number of aromatic nitrogens is 19. The van der Waals surface area contributed by atoms with Crippen LogP contribution in [0.4, 0.5) is 49.6 Å². The molecule has 0 radical (unpaired) electrons. The molecule has 0 unspecified atom stereocenters. The molecule has 11 N–H and O–H groups in total. The van der Waals surface area contributed by atoms with Gasteiger partial charge in [-0.2, -0.15) is 40.8 Å². The van der Waals surface area contributed by atoms with Crippen molar-refractivity contribution in [2.45, 2.75) is 26.6 Å². The van der Waals surface area contributed by atoms with Crippen LogP contribution in [0.3, 0.4) is 0 Å². The van der Waals surface area contributed by atoms with E-state index in [4.69, 9.17) is 21.8 Å². The number of hydrogen-bond donors (Lipinski definition) is 11. The molecule has 0 saturated heterocycles. The topological polar surface area (TPSA) is 341 Å². The van der Waals surface area contributed by atoms with Gasteiger partial charge in [0.05, 0.1) is 93.5 Å². The Kier molecular flexibility index (Phi) is 27.1. The SMILES string of the molecule is CCOC(=N)c1cc(F)c2n[nH]c(/C=C/c3ccc(F)cc3)c2c1.CN(C)Cc1nc(-c2cc3c(/C=C/c4cccc(F)c4)n[nH]c3cc2F)n[nH]1.CNCc1nc(-c2cc3c(/C=C/c4cccc(F)c4)n[nH]c3cc2F)n[nH]1.OCc1nc(-c2cc3c(/C=C/c4cccc(F)c4)n[nH]c3cc2F)n[nH]1.[C-]#[N+]c1cc2c(/C=C/c3ccc(F)cc3)n[nH]c2cc1F. The van der Waals surface area contributed by atoms with Crippen molar-refractivity contribution in [1.29, 1.82) is 5.41 Å². The molecule has 8 aromatic heterocycles. The number of rotatable bonds is 20. The summed E-state index contributed by atoms with van der Waals surface area (Å²) in [5.74, 6) is -1.89. The second-order valence-electron chi connectivity index (χ2n) is 28.0. The molecule has 0 amide bonds. The molecule has 18 aromatic rings. The molecule has 0 aliphatic heterocycles. The van der Waals surface area contributed by atoms with E-state index in [-0.39, 0.29) is 92.8 Å². The summed E-state index contributed by atoms with van der Waals surface area (Å²) in [5.41, 5.74) is 10.1. The fourth-order valence-corrected chi connectivity index (χ4v) is 12.7. The summed E-state index contributed by atoms with van der Waals surface area (Å²) in [6.07, 6.45) is 17.5. The highest BCUT2D eigenvalue weighted by Crippen LogP contribution is 2.34. The number of nitrogens with one attached hydrogen (secondary N) is 10. The second kappa shape index (κ2) is 39.6. The average Bonchev–Trinajstić information content (AvgIpc) is 1.62. The van der Waals surface area contributed by atoms with E-state index in [9.17, 15) is 43.9 Å². The molecule has 0 aliphatic rings. The lowest BCUT2D eigenvalue weighted by atomic mass is 10.1.